The highest BCUT2D eigenvalue weighted by Gasteiger charge is 2.28. The Bertz CT molecular complexity index is 358. The number of aromatic nitrogens is 1. The van der Waals surface area contributed by atoms with Gasteiger partial charge in [-0.15, -0.1) is 0 Å². The van der Waals surface area contributed by atoms with Crippen molar-refractivity contribution in [2.24, 2.45) is 5.92 Å². The normalized spacial score (nSPS) is 15.8. The topological polar surface area (TPSA) is 42.1 Å². The van der Waals surface area contributed by atoms with Gasteiger partial charge in [0.05, 0.1) is 5.69 Å². The van der Waals surface area contributed by atoms with Crippen LogP contribution in [0.15, 0.2) is 18.2 Å². The van der Waals surface area contributed by atoms with E-state index in [4.69, 9.17) is 5.73 Å². The highest BCUT2D eigenvalue weighted by atomic mass is 15.2. The first-order valence-corrected chi connectivity index (χ1v) is 6.60. The molecule has 3 heteroatoms. The lowest BCUT2D eigenvalue weighted by Gasteiger charge is -2.22. The van der Waals surface area contributed by atoms with Crippen molar-refractivity contribution in [2.45, 2.75) is 45.7 Å². The number of hydrogen-bond acceptors (Lipinski definition) is 3. The lowest BCUT2D eigenvalue weighted by molar-refractivity contribution is 0.237. The van der Waals surface area contributed by atoms with Crippen molar-refractivity contribution in [3.8, 4) is 0 Å². The van der Waals surface area contributed by atoms with E-state index < -0.39 is 0 Å². The predicted molar refractivity (Wildman–Crippen MR) is 71.5 cm³/mol. The molecule has 1 fully saturated rings. The summed E-state index contributed by atoms with van der Waals surface area (Å²) >= 11 is 0. The SMILES string of the molecule is CC(C)CCN(Cc1cccc(N)n1)C1CC1. The Labute approximate surface area is 104 Å². The molecular formula is C14H23N3. The number of pyridine rings is 1. The van der Waals surface area contributed by atoms with E-state index in [1.54, 1.807) is 0 Å². The molecule has 1 saturated carbocycles. The monoisotopic (exact) mass is 233 g/mol. The smallest absolute Gasteiger partial charge is 0.123 e. The fourth-order valence-electron chi connectivity index (χ4n) is 2.05. The van der Waals surface area contributed by atoms with Gasteiger partial charge in [-0.05, 0) is 43.9 Å². The van der Waals surface area contributed by atoms with Crippen LogP contribution in [-0.2, 0) is 6.54 Å². The molecular weight excluding hydrogens is 210 g/mol. The molecule has 1 aliphatic carbocycles. The van der Waals surface area contributed by atoms with Crippen LogP contribution in [0.4, 0.5) is 5.82 Å². The van der Waals surface area contributed by atoms with Gasteiger partial charge < -0.3 is 5.73 Å². The molecule has 0 unspecified atom stereocenters. The first-order chi connectivity index (χ1) is 8.15. The van der Waals surface area contributed by atoms with Crippen LogP contribution in [0.2, 0.25) is 0 Å². The van der Waals surface area contributed by atoms with Crippen LogP contribution in [0, 0.1) is 5.92 Å². The van der Waals surface area contributed by atoms with Crippen LogP contribution < -0.4 is 5.73 Å². The summed E-state index contributed by atoms with van der Waals surface area (Å²) in [4.78, 5) is 6.94. The maximum absolute atomic E-state index is 5.72. The van der Waals surface area contributed by atoms with Gasteiger partial charge in [-0.3, -0.25) is 4.90 Å². The van der Waals surface area contributed by atoms with E-state index in [-0.39, 0.29) is 0 Å². The van der Waals surface area contributed by atoms with E-state index >= 15 is 0 Å². The van der Waals surface area contributed by atoms with Crippen molar-refractivity contribution in [1.82, 2.24) is 9.88 Å². The zero-order chi connectivity index (χ0) is 12.3. The third-order valence-electron chi connectivity index (χ3n) is 3.25. The Kier molecular flexibility index (Phi) is 4.00. The van der Waals surface area contributed by atoms with Crippen molar-refractivity contribution < 1.29 is 0 Å². The average Bonchev–Trinajstić information content (AvgIpc) is 3.07. The van der Waals surface area contributed by atoms with Gasteiger partial charge in [-0.2, -0.15) is 0 Å². The quantitative estimate of drug-likeness (QED) is 0.821. The summed E-state index contributed by atoms with van der Waals surface area (Å²) in [7, 11) is 0. The molecule has 17 heavy (non-hydrogen) atoms. The van der Waals surface area contributed by atoms with E-state index in [1.807, 2.05) is 12.1 Å². The third-order valence-corrected chi connectivity index (χ3v) is 3.25. The summed E-state index contributed by atoms with van der Waals surface area (Å²) in [6.07, 6.45) is 3.96. The van der Waals surface area contributed by atoms with E-state index in [1.165, 1.54) is 25.8 Å². The Morgan fingerprint density at radius 3 is 2.76 bits per heavy atom. The molecule has 1 heterocycles. The second-order valence-electron chi connectivity index (χ2n) is 5.44. The van der Waals surface area contributed by atoms with Gasteiger partial charge in [0, 0.05) is 12.6 Å². The molecule has 3 nitrogen and oxygen atoms in total. The molecule has 0 aliphatic heterocycles. The van der Waals surface area contributed by atoms with E-state index in [0.29, 0.717) is 5.82 Å². The van der Waals surface area contributed by atoms with Gasteiger partial charge in [-0.25, -0.2) is 4.98 Å². The Balaban J connectivity index is 1.93. The van der Waals surface area contributed by atoms with Gasteiger partial charge >= 0.3 is 0 Å². The van der Waals surface area contributed by atoms with E-state index in [0.717, 1.165) is 24.2 Å². The van der Waals surface area contributed by atoms with Crippen LogP contribution in [0.5, 0.6) is 0 Å². The van der Waals surface area contributed by atoms with Crippen molar-refractivity contribution in [2.75, 3.05) is 12.3 Å². The Morgan fingerprint density at radius 2 is 2.18 bits per heavy atom. The first kappa shape index (κ1) is 12.4. The number of nitrogens with zero attached hydrogens (tertiary/aromatic N) is 2. The van der Waals surface area contributed by atoms with E-state index in [2.05, 4.69) is 29.8 Å². The minimum atomic E-state index is 0.627. The summed E-state index contributed by atoms with van der Waals surface area (Å²) in [5, 5.41) is 0. The van der Waals surface area contributed by atoms with Gasteiger partial charge in [0.25, 0.3) is 0 Å². The zero-order valence-electron chi connectivity index (χ0n) is 10.9. The predicted octanol–water partition coefficient (Wildman–Crippen LogP) is 2.67. The summed E-state index contributed by atoms with van der Waals surface area (Å²) in [6.45, 7) is 6.69. The first-order valence-electron chi connectivity index (χ1n) is 6.60. The molecule has 1 aliphatic rings. The van der Waals surface area contributed by atoms with Crippen LogP contribution in [0.3, 0.4) is 0 Å². The molecule has 1 aromatic rings. The van der Waals surface area contributed by atoms with Crippen molar-refractivity contribution in [1.29, 1.82) is 0 Å². The largest absolute Gasteiger partial charge is 0.384 e. The average molecular weight is 233 g/mol. The van der Waals surface area contributed by atoms with Crippen LogP contribution in [0.1, 0.15) is 38.8 Å². The maximum Gasteiger partial charge on any atom is 0.123 e. The molecule has 0 atom stereocenters. The number of rotatable bonds is 6. The molecule has 0 bridgehead atoms. The summed E-state index contributed by atoms with van der Waals surface area (Å²) < 4.78 is 0. The number of hydrogen-bond donors (Lipinski definition) is 1. The molecule has 0 saturated heterocycles. The maximum atomic E-state index is 5.72. The second-order valence-corrected chi connectivity index (χ2v) is 5.44. The van der Waals surface area contributed by atoms with Gasteiger partial charge in [0.2, 0.25) is 0 Å². The van der Waals surface area contributed by atoms with Gasteiger partial charge in [0.1, 0.15) is 5.82 Å². The van der Waals surface area contributed by atoms with Crippen LogP contribution >= 0.6 is 0 Å². The minimum Gasteiger partial charge on any atom is -0.384 e. The van der Waals surface area contributed by atoms with Crippen molar-refractivity contribution >= 4 is 5.82 Å². The van der Waals surface area contributed by atoms with Gasteiger partial charge in [-0.1, -0.05) is 19.9 Å². The Hall–Kier alpha value is -1.09. The highest BCUT2D eigenvalue weighted by molar-refractivity contribution is 5.28. The summed E-state index contributed by atoms with van der Waals surface area (Å²) in [5.41, 5.74) is 6.82. The molecule has 2 rings (SSSR count). The standard InChI is InChI=1S/C14H23N3/c1-11(2)8-9-17(13-6-7-13)10-12-4-3-5-14(15)16-12/h3-5,11,13H,6-10H2,1-2H3,(H2,15,16). The minimum absolute atomic E-state index is 0.627. The fourth-order valence-corrected chi connectivity index (χ4v) is 2.05. The van der Waals surface area contributed by atoms with Crippen molar-refractivity contribution in [3.63, 3.8) is 0 Å². The number of anilines is 1. The molecule has 1 aromatic heterocycles. The third kappa shape index (κ3) is 4.00. The number of nitrogen functional groups attached to an aromatic ring is 1. The van der Waals surface area contributed by atoms with Gasteiger partial charge in [0.15, 0.2) is 0 Å². The van der Waals surface area contributed by atoms with Crippen LogP contribution in [0.25, 0.3) is 0 Å². The van der Waals surface area contributed by atoms with E-state index in [9.17, 15) is 0 Å². The summed E-state index contributed by atoms with van der Waals surface area (Å²) in [6, 6.07) is 6.70. The second kappa shape index (κ2) is 5.50. The molecule has 2 N–H and O–H groups in total. The molecule has 0 amide bonds. The molecule has 0 radical (unpaired) electrons. The fraction of sp³-hybridized carbons (Fsp3) is 0.643. The molecule has 94 valence electrons. The summed E-state index contributed by atoms with van der Waals surface area (Å²) in [5.74, 6) is 1.40. The molecule has 0 spiro atoms. The zero-order valence-corrected chi connectivity index (χ0v) is 10.9. The lowest BCUT2D eigenvalue weighted by atomic mass is 10.1. The van der Waals surface area contributed by atoms with Crippen LogP contribution in [-0.4, -0.2) is 22.5 Å². The Morgan fingerprint density at radius 1 is 1.41 bits per heavy atom. The highest BCUT2D eigenvalue weighted by Crippen LogP contribution is 2.28. The lowest BCUT2D eigenvalue weighted by Crippen LogP contribution is -2.28. The number of nitrogens with two attached hydrogens (primary N) is 1. The molecule has 0 aromatic carbocycles. The van der Waals surface area contributed by atoms with Crippen molar-refractivity contribution in [3.05, 3.63) is 23.9 Å².